The second-order valence-electron chi connectivity index (χ2n) is 4.55. The molecule has 0 atom stereocenters. The minimum absolute atomic E-state index is 0.131. The van der Waals surface area contributed by atoms with E-state index in [4.69, 9.17) is 9.84 Å². The number of rotatable bonds is 5. The minimum Gasteiger partial charge on any atom is -0.492 e. The van der Waals surface area contributed by atoms with Gasteiger partial charge in [0.1, 0.15) is 5.75 Å². The summed E-state index contributed by atoms with van der Waals surface area (Å²) in [6.45, 7) is 5.75. The first-order valence-electron chi connectivity index (χ1n) is 5.90. The number of carbonyl (C=O) groups is 1. The van der Waals surface area contributed by atoms with Gasteiger partial charge in [-0.1, -0.05) is 12.1 Å². The zero-order valence-corrected chi connectivity index (χ0v) is 11.0. The molecule has 0 unspecified atom stereocenters. The number of hydrogen-bond donors (Lipinski definition) is 3. The quantitative estimate of drug-likeness (QED) is 0.750. The van der Waals surface area contributed by atoms with Crippen LogP contribution in [-0.4, -0.2) is 29.9 Å². The van der Waals surface area contributed by atoms with Crippen LogP contribution in [0.15, 0.2) is 24.3 Å². The van der Waals surface area contributed by atoms with Gasteiger partial charge in [0.05, 0.1) is 24.4 Å². The van der Waals surface area contributed by atoms with Crippen LogP contribution in [0.2, 0.25) is 0 Å². The maximum Gasteiger partial charge on any atom is 0.319 e. The van der Waals surface area contributed by atoms with Crippen molar-refractivity contribution in [3.05, 3.63) is 24.3 Å². The third-order valence-electron chi connectivity index (χ3n) is 2.28. The number of carbonyl (C=O) groups excluding carboxylic acids is 1. The predicted octanol–water partition coefficient (Wildman–Crippen LogP) is 1.98. The van der Waals surface area contributed by atoms with Gasteiger partial charge in [0.15, 0.2) is 0 Å². The van der Waals surface area contributed by atoms with E-state index < -0.39 is 5.54 Å². The molecule has 0 spiro atoms. The molecule has 5 heteroatoms. The highest BCUT2D eigenvalue weighted by molar-refractivity contribution is 5.91. The number of benzene rings is 1. The van der Waals surface area contributed by atoms with E-state index in [9.17, 15) is 4.79 Å². The number of aliphatic hydroxyl groups is 1. The summed E-state index contributed by atoms with van der Waals surface area (Å²) in [5.74, 6) is 0.622. The van der Waals surface area contributed by atoms with Crippen LogP contribution >= 0.6 is 0 Å². The molecular formula is C13H20N2O3. The van der Waals surface area contributed by atoms with Crippen LogP contribution in [0.3, 0.4) is 0 Å². The van der Waals surface area contributed by atoms with Crippen molar-refractivity contribution in [3.63, 3.8) is 0 Å². The summed E-state index contributed by atoms with van der Waals surface area (Å²) < 4.78 is 5.40. The monoisotopic (exact) mass is 252 g/mol. The Hall–Kier alpha value is -1.75. The third kappa shape index (κ3) is 4.25. The van der Waals surface area contributed by atoms with Crippen molar-refractivity contribution >= 4 is 11.7 Å². The van der Waals surface area contributed by atoms with E-state index in [1.807, 2.05) is 19.1 Å². The molecule has 0 saturated heterocycles. The highest BCUT2D eigenvalue weighted by atomic mass is 16.5. The Labute approximate surface area is 107 Å². The largest absolute Gasteiger partial charge is 0.492 e. The molecular weight excluding hydrogens is 232 g/mol. The summed E-state index contributed by atoms with van der Waals surface area (Å²) >= 11 is 0. The van der Waals surface area contributed by atoms with Crippen LogP contribution in [-0.2, 0) is 0 Å². The van der Waals surface area contributed by atoms with Gasteiger partial charge in [0.2, 0.25) is 0 Å². The van der Waals surface area contributed by atoms with Crippen molar-refractivity contribution in [1.29, 1.82) is 0 Å². The van der Waals surface area contributed by atoms with Gasteiger partial charge in [0.25, 0.3) is 0 Å². The molecule has 100 valence electrons. The van der Waals surface area contributed by atoms with E-state index in [0.29, 0.717) is 18.0 Å². The molecule has 1 aromatic carbocycles. The molecule has 0 radical (unpaired) electrons. The smallest absolute Gasteiger partial charge is 0.319 e. The zero-order chi connectivity index (χ0) is 13.6. The molecule has 3 N–H and O–H groups in total. The number of urea groups is 1. The first-order chi connectivity index (χ1) is 8.48. The molecule has 2 amide bonds. The molecule has 1 rings (SSSR count). The molecule has 0 bridgehead atoms. The Morgan fingerprint density at radius 1 is 1.39 bits per heavy atom. The van der Waals surface area contributed by atoms with Gasteiger partial charge in [-0.25, -0.2) is 4.79 Å². The number of aliphatic hydroxyl groups excluding tert-OH is 1. The summed E-state index contributed by atoms with van der Waals surface area (Å²) in [5.41, 5.74) is -0.0597. The number of ether oxygens (including phenoxy) is 1. The van der Waals surface area contributed by atoms with Crippen LogP contribution < -0.4 is 15.4 Å². The molecule has 5 nitrogen and oxygen atoms in total. The highest BCUT2D eigenvalue weighted by Gasteiger charge is 2.19. The SMILES string of the molecule is CCOc1ccccc1NC(=O)NC(C)(C)CO. The second kappa shape index (κ2) is 6.26. The average Bonchev–Trinajstić information content (AvgIpc) is 2.31. The molecule has 0 aliphatic heterocycles. The standard InChI is InChI=1S/C13H20N2O3/c1-4-18-11-8-6-5-7-10(11)14-12(17)15-13(2,3)9-16/h5-8,16H,4,9H2,1-3H3,(H2,14,15,17). The van der Waals surface area contributed by atoms with Gasteiger partial charge in [-0.3, -0.25) is 0 Å². The van der Waals surface area contributed by atoms with Gasteiger partial charge in [-0.2, -0.15) is 0 Å². The minimum atomic E-state index is -0.662. The molecule has 0 aromatic heterocycles. The highest BCUT2D eigenvalue weighted by Crippen LogP contribution is 2.23. The normalized spacial score (nSPS) is 10.9. The number of amides is 2. The second-order valence-corrected chi connectivity index (χ2v) is 4.55. The lowest BCUT2D eigenvalue weighted by Gasteiger charge is -2.23. The van der Waals surface area contributed by atoms with E-state index in [-0.39, 0.29) is 12.6 Å². The van der Waals surface area contributed by atoms with E-state index in [1.165, 1.54) is 0 Å². The molecule has 0 saturated carbocycles. The van der Waals surface area contributed by atoms with Crippen molar-refractivity contribution in [3.8, 4) is 5.75 Å². The summed E-state index contributed by atoms with van der Waals surface area (Å²) in [7, 11) is 0. The van der Waals surface area contributed by atoms with Gasteiger partial charge in [0, 0.05) is 0 Å². The maximum atomic E-state index is 11.8. The lowest BCUT2D eigenvalue weighted by molar-refractivity contribution is 0.187. The fourth-order valence-corrected chi connectivity index (χ4v) is 1.35. The molecule has 18 heavy (non-hydrogen) atoms. The van der Waals surface area contributed by atoms with Crippen LogP contribution in [0.4, 0.5) is 10.5 Å². The van der Waals surface area contributed by atoms with E-state index in [0.717, 1.165) is 0 Å². The topological polar surface area (TPSA) is 70.6 Å². The Balaban J connectivity index is 2.70. The Morgan fingerprint density at radius 3 is 2.67 bits per heavy atom. The summed E-state index contributed by atoms with van der Waals surface area (Å²) in [4.78, 5) is 11.8. The first-order valence-corrected chi connectivity index (χ1v) is 5.90. The Kier molecular flexibility index (Phi) is 4.97. The lowest BCUT2D eigenvalue weighted by Crippen LogP contribution is -2.48. The van der Waals surface area contributed by atoms with Crippen molar-refractivity contribution in [2.45, 2.75) is 26.3 Å². The van der Waals surface area contributed by atoms with Crippen molar-refractivity contribution in [2.75, 3.05) is 18.5 Å². The fraction of sp³-hybridized carbons (Fsp3) is 0.462. The van der Waals surface area contributed by atoms with Gasteiger partial charge < -0.3 is 20.5 Å². The molecule has 0 heterocycles. The Bertz CT molecular complexity index is 405. The number of anilines is 1. The summed E-state index contributed by atoms with van der Waals surface area (Å²) in [5, 5.41) is 14.4. The van der Waals surface area contributed by atoms with Gasteiger partial charge in [-0.15, -0.1) is 0 Å². The predicted molar refractivity (Wildman–Crippen MR) is 70.9 cm³/mol. The molecule has 0 aliphatic carbocycles. The van der Waals surface area contributed by atoms with E-state index in [2.05, 4.69) is 10.6 Å². The number of hydrogen-bond acceptors (Lipinski definition) is 3. The van der Waals surface area contributed by atoms with Crippen molar-refractivity contribution < 1.29 is 14.6 Å². The summed E-state index contributed by atoms with van der Waals surface area (Å²) in [6, 6.07) is 6.83. The molecule has 0 fully saturated rings. The summed E-state index contributed by atoms with van der Waals surface area (Å²) in [6.07, 6.45) is 0. The average molecular weight is 252 g/mol. The van der Waals surface area contributed by atoms with Crippen LogP contribution in [0, 0.1) is 0 Å². The number of nitrogens with one attached hydrogen (secondary N) is 2. The van der Waals surface area contributed by atoms with Crippen LogP contribution in [0.25, 0.3) is 0 Å². The van der Waals surface area contributed by atoms with Crippen molar-refractivity contribution in [1.82, 2.24) is 5.32 Å². The van der Waals surface area contributed by atoms with Gasteiger partial charge >= 0.3 is 6.03 Å². The maximum absolute atomic E-state index is 11.8. The van der Waals surface area contributed by atoms with E-state index in [1.54, 1.807) is 26.0 Å². The first kappa shape index (κ1) is 14.3. The van der Waals surface area contributed by atoms with Crippen LogP contribution in [0.5, 0.6) is 5.75 Å². The Morgan fingerprint density at radius 2 is 2.06 bits per heavy atom. The van der Waals surface area contributed by atoms with E-state index >= 15 is 0 Å². The zero-order valence-electron chi connectivity index (χ0n) is 11.0. The fourth-order valence-electron chi connectivity index (χ4n) is 1.35. The van der Waals surface area contributed by atoms with Gasteiger partial charge in [-0.05, 0) is 32.9 Å². The molecule has 1 aromatic rings. The van der Waals surface area contributed by atoms with Crippen LogP contribution in [0.1, 0.15) is 20.8 Å². The lowest BCUT2D eigenvalue weighted by atomic mass is 10.1. The third-order valence-corrected chi connectivity index (χ3v) is 2.28. The van der Waals surface area contributed by atoms with Crippen molar-refractivity contribution in [2.24, 2.45) is 0 Å². The molecule has 0 aliphatic rings. The number of para-hydroxylation sites is 2.